The summed E-state index contributed by atoms with van der Waals surface area (Å²) in [6.07, 6.45) is 2.68. The van der Waals surface area contributed by atoms with Crippen LogP contribution in [0.2, 0.25) is 0 Å². The first-order chi connectivity index (χ1) is 13.0. The molecular formula is C20H22N2O4S. The third kappa shape index (κ3) is 3.44. The normalized spacial score (nSPS) is 19.0. The molecule has 0 aromatic heterocycles. The molecule has 0 spiro atoms. The summed E-state index contributed by atoms with van der Waals surface area (Å²) in [6, 6.07) is 12.4. The van der Waals surface area contributed by atoms with Crippen molar-refractivity contribution < 1.29 is 17.9 Å². The van der Waals surface area contributed by atoms with Gasteiger partial charge in [0.2, 0.25) is 15.9 Å². The maximum atomic E-state index is 13.0. The van der Waals surface area contributed by atoms with Gasteiger partial charge in [-0.15, -0.1) is 0 Å². The number of anilines is 1. The Morgan fingerprint density at radius 2 is 2.04 bits per heavy atom. The maximum absolute atomic E-state index is 13.0. The molecule has 0 radical (unpaired) electrons. The van der Waals surface area contributed by atoms with Gasteiger partial charge in [0, 0.05) is 13.0 Å². The number of hydrogen-bond donors (Lipinski definition) is 1. The lowest BCUT2D eigenvalue weighted by molar-refractivity contribution is -0.116. The van der Waals surface area contributed by atoms with Crippen LogP contribution in [0.3, 0.4) is 0 Å². The maximum Gasteiger partial charge on any atom is 0.241 e. The van der Waals surface area contributed by atoms with E-state index in [1.54, 1.807) is 11.0 Å². The fourth-order valence-corrected chi connectivity index (χ4v) is 5.09. The molecule has 1 atom stereocenters. The van der Waals surface area contributed by atoms with E-state index in [4.69, 9.17) is 4.74 Å². The van der Waals surface area contributed by atoms with Crippen molar-refractivity contribution in [3.8, 4) is 5.75 Å². The first kappa shape index (κ1) is 18.0. The summed E-state index contributed by atoms with van der Waals surface area (Å²) in [7, 11) is -3.73. The molecule has 1 heterocycles. The number of aryl methyl sites for hydroxylation is 1. The van der Waals surface area contributed by atoms with Crippen LogP contribution in [0.15, 0.2) is 47.4 Å². The Bertz CT molecular complexity index is 987. The topological polar surface area (TPSA) is 75.7 Å². The lowest BCUT2D eigenvalue weighted by atomic mass is 9.88. The molecule has 7 heteroatoms. The van der Waals surface area contributed by atoms with Crippen molar-refractivity contribution in [3.05, 3.63) is 53.6 Å². The van der Waals surface area contributed by atoms with Crippen molar-refractivity contribution in [2.75, 3.05) is 18.1 Å². The molecule has 0 unspecified atom stereocenters. The van der Waals surface area contributed by atoms with Crippen molar-refractivity contribution in [1.82, 2.24) is 4.72 Å². The fraction of sp³-hybridized carbons (Fsp3) is 0.350. The molecule has 6 nitrogen and oxygen atoms in total. The Labute approximate surface area is 159 Å². The summed E-state index contributed by atoms with van der Waals surface area (Å²) in [5, 5.41) is 0. The summed E-state index contributed by atoms with van der Waals surface area (Å²) in [5.74, 6) is 0.390. The molecule has 2 aliphatic rings. The molecule has 2 aromatic rings. The molecule has 4 rings (SSSR count). The predicted molar refractivity (Wildman–Crippen MR) is 102 cm³/mol. The largest absolute Gasteiger partial charge is 0.490 e. The van der Waals surface area contributed by atoms with E-state index in [0.29, 0.717) is 24.6 Å². The third-order valence-electron chi connectivity index (χ3n) is 5.15. The van der Waals surface area contributed by atoms with E-state index < -0.39 is 10.0 Å². The van der Waals surface area contributed by atoms with Crippen LogP contribution in [0.25, 0.3) is 0 Å². The number of nitrogens with zero attached hydrogens (tertiary/aromatic N) is 1. The van der Waals surface area contributed by atoms with Gasteiger partial charge in [-0.1, -0.05) is 24.3 Å². The Morgan fingerprint density at radius 1 is 1.22 bits per heavy atom. The van der Waals surface area contributed by atoms with Gasteiger partial charge in [0.1, 0.15) is 12.4 Å². The summed E-state index contributed by atoms with van der Waals surface area (Å²) in [6.45, 7) is 2.28. The highest BCUT2D eigenvalue weighted by Crippen LogP contribution is 2.35. The third-order valence-corrected chi connectivity index (χ3v) is 6.62. The number of ether oxygens (including phenoxy) is 1. The van der Waals surface area contributed by atoms with Crippen LogP contribution >= 0.6 is 0 Å². The number of benzene rings is 2. The molecular weight excluding hydrogens is 364 g/mol. The average molecular weight is 386 g/mol. The predicted octanol–water partition coefficient (Wildman–Crippen LogP) is 2.79. The second kappa shape index (κ2) is 6.98. The highest BCUT2D eigenvalue weighted by molar-refractivity contribution is 7.89. The highest BCUT2D eigenvalue weighted by Gasteiger charge is 2.28. The molecule has 1 aliphatic heterocycles. The first-order valence-corrected chi connectivity index (χ1v) is 10.6. The number of rotatable bonds is 3. The molecule has 0 saturated carbocycles. The Balaban J connectivity index is 1.66. The molecule has 2 aromatic carbocycles. The van der Waals surface area contributed by atoms with Gasteiger partial charge in [-0.3, -0.25) is 4.79 Å². The SMILES string of the molecule is CC(=O)N1CCOc2ccc(S(=O)(=O)N[C@@H]3CCCc4ccccc43)cc21. The van der Waals surface area contributed by atoms with Gasteiger partial charge in [-0.25, -0.2) is 13.1 Å². The minimum absolute atomic E-state index is 0.136. The quantitative estimate of drug-likeness (QED) is 0.880. The van der Waals surface area contributed by atoms with E-state index in [1.165, 1.54) is 24.6 Å². The zero-order valence-corrected chi connectivity index (χ0v) is 16.0. The molecule has 1 aliphatic carbocycles. The molecule has 0 saturated heterocycles. The minimum Gasteiger partial charge on any atom is -0.490 e. The molecule has 27 heavy (non-hydrogen) atoms. The van der Waals surface area contributed by atoms with E-state index >= 15 is 0 Å². The fourth-order valence-electron chi connectivity index (χ4n) is 3.82. The number of sulfonamides is 1. The summed E-state index contributed by atoms with van der Waals surface area (Å²) < 4.78 is 34.4. The van der Waals surface area contributed by atoms with Crippen molar-refractivity contribution in [3.63, 3.8) is 0 Å². The van der Waals surface area contributed by atoms with Crippen LogP contribution in [0.5, 0.6) is 5.75 Å². The van der Waals surface area contributed by atoms with Crippen LogP contribution in [-0.4, -0.2) is 27.5 Å². The summed E-state index contributed by atoms with van der Waals surface area (Å²) >= 11 is 0. The van der Waals surface area contributed by atoms with Crippen molar-refractivity contribution in [2.45, 2.75) is 37.1 Å². The van der Waals surface area contributed by atoms with Crippen LogP contribution in [-0.2, 0) is 21.2 Å². The Hall–Kier alpha value is -2.38. The number of amides is 1. The van der Waals surface area contributed by atoms with Gasteiger partial charge >= 0.3 is 0 Å². The van der Waals surface area contributed by atoms with E-state index in [1.807, 2.05) is 18.2 Å². The van der Waals surface area contributed by atoms with Gasteiger partial charge < -0.3 is 9.64 Å². The highest BCUT2D eigenvalue weighted by atomic mass is 32.2. The Morgan fingerprint density at radius 3 is 2.85 bits per heavy atom. The van der Waals surface area contributed by atoms with Crippen LogP contribution in [0.4, 0.5) is 5.69 Å². The number of hydrogen-bond acceptors (Lipinski definition) is 4. The number of carbonyl (C=O) groups excluding carboxylic acids is 1. The minimum atomic E-state index is -3.73. The van der Waals surface area contributed by atoms with Gasteiger partial charge in [0.15, 0.2) is 0 Å². The van der Waals surface area contributed by atoms with E-state index in [0.717, 1.165) is 24.8 Å². The lowest BCUT2D eigenvalue weighted by Gasteiger charge is -2.29. The summed E-state index contributed by atoms with van der Waals surface area (Å²) in [4.78, 5) is 13.6. The molecule has 0 fully saturated rings. The molecule has 1 amide bonds. The average Bonchev–Trinajstić information content (AvgIpc) is 2.67. The smallest absolute Gasteiger partial charge is 0.241 e. The van der Waals surface area contributed by atoms with E-state index in [-0.39, 0.29) is 16.8 Å². The monoisotopic (exact) mass is 386 g/mol. The van der Waals surface area contributed by atoms with Gasteiger partial charge in [-0.05, 0) is 48.6 Å². The Kier molecular flexibility index (Phi) is 4.65. The second-order valence-corrected chi connectivity index (χ2v) is 8.63. The first-order valence-electron chi connectivity index (χ1n) is 9.11. The van der Waals surface area contributed by atoms with E-state index in [9.17, 15) is 13.2 Å². The summed E-state index contributed by atoms with van der Waals surface area (Å²) in [5.41, 5.74) is 2.73. The van der Waals surface area contributed by atoms with Crippen LogP contribution in [0.1, 0.15) is 36.9 Å². The number of nitrogens with one attached hydrogen (secondary N) is 1. The van der Waals surface area contributed by atoms with Crippen LogP contribution < -0.4 is 14.4 Å². The molecule has 142 valence electrons. The van der Waals surface area contributed by atoms with Crippen molar-refractivity contribution in [2.24, 2.45) is 0 Å². The van der Waals surface area contributed by atoms with Crippen molar-refractivity contribution >= 4 is 21.6 Å². The number of carbonyl (C=O) groups is 1. The number of fused-ring (bicyclic) bond motifs is 2. The van der Waals surface area contributed by atoms with Gasteiger partial charge in [0.05, 0.1) is 17.1 Å². The zero-order valence-electron chi connectivity index (χ0n) is 15.1. The van der Waals surface area contributed by atoms with Gasteiger partial charge in [0.25, 0.3) is 0 Å². The standard InChI is InChI=1S/C20H22N2O4S/c1-14(23)22-11-12-26-20-10-9-16(13-19(20)22)27(24,25)21-18-8-4-6-15-5-2-3-7-17(15)18/h2-3,5,7,9-10,13,18,21H,4,6,8,11-12H2,1H3/t18-/m1/s1. The van der Waals surface area contributed by atoms with Crippen LogP contribution in [0, 0.1) is 0 Å². The molecule has 1 N–H and O–H groups in total. The molecule has 0 bridgehead atoms. The van der Waals surface area contributed by atoms with Crippen molar-refractivity contribution in [1.29, 1.82) is 0 Å². The van der Waals surface area contributed by atoms with Gasteiger partial charge in [-0.2, -0.15) is 0 Å². The lowest BCUT2D eigenvalue weighted by Crippen LogP contribution is -2.36. The van der Waals surface area contributed by atoms with E-state index in [2.05, 4.69) is 10.8 Å². The zero-order chi connectivity index (χ0) is 19.0. The second-order valence-electron chi connectivity index (χ2n) is 6.91.